The van der Waals surface area contributed by atoms with Gasteiger partial charge in [0.2, 0.25) is 5.91 Å². The summed E-state index contributed by atoms with van der Waals surface area (Å²) in [6.07, 6.45) is 5.83. The number of likely N-dealkylation sites (tertiary alicyclic amines) is 1. The Balaban J connectivity index is 1.24. The Hall–Kier alpha value is -2.21. The predicted octanol–water partition coefficient (Wildman–Crippen LogP) is 2.68. The van der Waals surface area contributed by atoms with E-state index in [1.54, 1.807) is 17.8 Å². The van der Waals surface area contributed by atoms with E-state index in [2.05, 4.69) is 25.5 Å². The number of thioether (sulfide) groups is 1. The number of H-pyrrole nitrogens is 1. The average molecular weight is 550 g/mol. The summed E-state index contributed by atoms with van der Waals surface area (Å²) in [6.45, 7) is 5.81. The van der Waals surface area contributed by atoms with Crippen LogP contribution in [0.2, 0.25) is 0 Å². The van der Waals surface area contributed by atoms with Crippen LogP contribution in [0, 0.1) is 11.7 Å². The molecular formula is C27H40FN5O4S. The number of hydrogen-bond acceptors (Lipinski definition) is 8. The summed E-state index contributed by atoms with van der Waals surface area (Å²) < 4.78 is 26.0. The van der Waals surface area contributed by atoms with Crippen LogP contribution in [0.25, 0.3) is 10.9 Å². The zero-order valence-electron chi connectivity index (χ0n) is 22.2. The Morgan fingerprint density at radius 3 is 2.74 bits per heavy atom. The van der Waals surface area contributed by atoms with Gasteiger partial charge in [-0.25, -0.2) is 9.37 Å². The largest absolute Gasteiger partial charge is 0.493 e. The van der Waals surface area contributed by atoms with Gasteiger partial charge in [-0.2, -0.15) is 11.8 Å². The maximum atomic E-state index is 14.7. The van der Waals surface area contributed by atoms with Crippen LogP contribution in [0.15, 0.2) is 16.9 Å². The van der Waals surface area contributed by atoms with E-state index >= 15 is 0 Å². The first-order valence-corrected chi connectivity index (χ1v) is 14.7. The van der Waals surface area contributed by atoms with Gasteiger partial charge in [0.05, 0.1) is 24.4 Å². The number of rotatable bonds is 13. The van der Waals surface area contributed by atoms with Gasteiger partial charge in [0, 0.05) is 37.1 Å². The van der Waals surface area contributed by atoms with Gasteiger partial charge in [0.25, 0.3) is 5.56 Å². The lowest BCUT2D eigenvalue weighted by atomic mass is 10.0. The molecule has 2 aliphatic heterocycles. The van der Waals surface area contributed by atoms with Crippen molar-refractivity contribution in [1.29, 1.82) is 0 Å². The molecule has 3 heterocycles. The average Bonchev–Trinajstić information content (AvgIpc) is 2.91. The maximum absolute atomic E-state index is 14.7. The van der Waals surface area contributed by atoms with Crippen molar-refractivity contribution in [2.45, 2.75) is 49.5 Å². The number of carbonyl (C=O) groups excluding carboxylic acids is 1. The third-order valence-electron chi connectivity index (χ3n) is 7.14. The van der Waals surface area contributed by atoms with E-state index in [0.29, 0.717) is 47.2 Å². The fourth-order valence-electron chi connectivity index (χ4n) is 4.87. The van der Waals surface area contributed by atoms with E-state index in [0.717, 1.165) is 77.9 Å². The van der Waals surface area contributed by atoms with Gasteiger partial charge in [-0.1, -0.05) is 0 Å². The van der Waals surface area contributed by atoms with Gasteiger partial charge in [0.1, 0.15) is 22.8 Å². The first kappa shape index (κ1) is 28.8. The first-order valence-electron chi connectivity index (χ1n) is 13.7. The highest BCUT2D eigenvalue weighted by Crippen LogP contribution is 2.27. The standard InChI is InChI=1S/C27H40FN5O4S/c1-29-8-2-3-9-30-25(34)16-33-10-4-21(5-11-33)38-18-24-31-23-15-20(14-22(28)26(23)27(35)32-24)37-17-19-6-12-36-13-7-19/h14-15,19,21,29H,2-13,16-18H2,1H3,(H,30,34)(H,31,32,35). The molecule has 2 aliphatic rings. The van der Waals surface area contributed by atoms with Gasteiger partial charge in [-0.15, -0.1) is 0 Å². The molecule has 0 bridgehead atoms. The molecule has 2 fully saturated rings. The molecular weight excluding hydrogens is 509 g/mol. The van der Waals surface area contributed by atoms with Crippen LogP contribution in [0.3, 0.4) is 0 Å². The van der Waals surface area contributed by atoms with Crippen LogP contribution in [-0.2, 0) is 15.3 Å². The summed E-state index contributed by atoms with van der Waals surface area (Å²) in [5, 5.41) is 6.49. The number of nitrogens with zero attached hydrogens (tertiary/aromatic N) is 2. The minimum atomic E-state index is -0.619. The second-order valence-corrected chi connectivity index (χ2v) is 11.4. The number of ether oxygens (including phenoxy) is 2. The van der Waals surface area contributed by atoms with Gasteiger partial charge >= 0.3 is 0 Å². The van der Waals surface area contributed by atoms with Gasteiger partial charge < -0.3 is 25.1 Å². The van der Waals surface area contributed by atoms with E-state index in [4.69, 9.17) is 9.47 Å². The second-order valence-electron chi connectivity index (χ2n) is 10.1. The van der Waals surface area contributed by atoms with Crippen LogP contribution in [0.4, 0.5) is 4.39 Å². The third-order valence-corrected chi connectivity index (χ3v) is 8.53. The molecule has 9 nitrogen and oxygen atoms in total. The highest BCUT2D eigenvalue weighted by atomic mass is 32.2. The molecule has 0 radical (unpaired) electrons. The van der Waals surface area contributed by atoms with E-state index in [1.807, 2.05) is 7.05 Å². The summed E-state index contributed by atoms with van der Waals surface area (Å²) in [4.78, 5) is 34.3. The molecule has 4 rings (SSSR count). The summed E-state index contributed by atoms with van der Waals surface area (Å²) >= 11 is 1.74. The van der Waals surface area contributed by atoms with E-state index in [-0.39, 0.29) is 11.3 Å². The molecule has 3 N–H and O–H groups in total. The number of aromatic nitrogens is 2. The van der Waals surface area contributed by atoms with Crippen LogP contribution in [-0.4, -0.2) is 85.6 Å². The van der Waals surface area contributed by atoms with Crippen molar-refractivity contribution >= 4 is 28.6 Å². The second kappa shape index (κ2) is 14.8. The van der Waals surface area contributed by atoms with Crippen molar-refractivity contribution in [1.82, 2.24) is 25.5 Å². The monoisotopic (exact) mass is 549 g/mol. The maximum Gasteiger partial charge on any atom is 0.261 e. The number of aromatic amines is 1. The number of carbonyl (C=O) groups is 1. The molecule has 0 atom stereocenters. The van der Waals surface area contributed by atoms with Crippen molar-refractivity contribution in [2.75, 3.05) is 59.6 Å². The minimum absolute atomic E-state index is 0.0363. The fourth-order valence-corrected chi connectivity index (χ4v) is 5.95. The lowest BCUT2D eigenvalue weighted by molar-refractivity contribution is -0.122. The number of unbranched alkanes of at least 4 members (excludes halogenated alkanes) is 1. The lowest BCUT2D eigenvalue weighted by Crippen LogP contribution is -2.42. The molecule has 0 saturated carbocycles. The van der Waals surface area contributed by atoms with Crippen molar-refractivity contribution in [2.24, 2.45) is 5.92 Å². The Morgan fingerprint density at radius 1 is 1.21 bits per heavy atom. The topological polar surface area (TPSA) is 109 Å². The molecule has 2 saturated heterocycles. The van der Waals surface area contributed by atoms with Gasteiger partial charge in [-0.05, 0) is 71.1 Å². The van der Waals surface area contributed by atoms with Crippen LogP contribution >= 0.6 is 11.8 Å². The van der Waals surface area contributed by atoms with Crippen molar-refractivity contribution < 1.29 is 18.7 Å². The normalized spacial score (nSPS) is 17.6. The summed E-state index contributed by atoms with van der Waals surface area (Å²) in [5.74, 6) is 1.32. The Bertz CT molecular complexity index is 1100. The Labute approximate surface area is 227 Å². The number of piperidine rings is 1. The molecule has 1 aromatic heterocycles. The van der Waals surface area contributed by atoms with Crippen LogP contribution in [0.1, 0.15) is 44.3 Å². The molecule has 11 heteroatoms. The number of amides is 1. The fraction of sp³-hybridized carbons (Fsp3) is 0.667. The highest BCUT2D eigenvalue weighted by Gasteiger charge is 2.22. The summed E-state index contributed by atoms with van der Waals surface area (Å²) in [7, 11) is 1.93. The molecule has 2 aromatic rings. The molecule has 0 aliphatic carbocycles. The SMILES string of the molecule is CNCCCCNC(=O)CN1CCC(SCc2nc3cc(OCC4CCOCC4)cc(F)c3c(=O)[nH]2)CC1. The predicted molar refractivity (Wildman–Crippen MR) is 148 cm³/mol. The Morgan fingerprint density at radius 2 is 1.97 bits per heavy atom. The molecule has 1 amide bonds. The first-order chi connectivity index (χ1) is 18.5. The number of benzene rings is 1. The number of halogens is 1. The van der Waals surface area contributed by atoms with Crippen molar-refractivity contribution in [3.63, 3.8) is 0 Å². The molecule has 38 heavy (non-hydrogen) atoms. The number of nitrogens with one attached hydrogen (secondary N) is 3. The molecule has 210 valence electrons. The molecule has 1 aromatic carbocycles. The van der Waals surface area contributed by atoms with Crippen molar-refractivity contribution in [3.05, 3.63) is 34.1 Å². The van der Waals surface area contributed by atoms with Crippen molar-refractivity contribution in [3.8, 4) is 5.75 Å². The summed E-state index contributed by atoms with van der Waals surface area (Å²) in [6, 6.07) is 2.93. The van der Waals surface area contributed by atoms with Crippen LogP contribution < -0.4 is 20.9 Å². The molecule has 0 spiro atoms. The Kier molecular flexibility index (Phi) is 11.2. The number of fused-ring (bicyclic) bond motifs is 1. The van der Waals surface area contributed by atoms with E-state index < -0.39 is 11.4 Å². The zero-order chi connectivity index (χ0) is 26.7. The minimum Gasteiger partial charge on any atom is -0.493 e. The lowest BCUT2D eigenvalue weighted by Gasteiger charge is -2.31. The van der Waals surface area contributed by atoms with Crippen LogP contribution in [0.5, 0.6) is 5.75 Å². The quantitative estimate of drug-likeness (QED) is 0.328. The zero-order valence-corrected chi connectivity index (χ0v) is 23.0. The van der Waals surface area contributed by atoms with E-state index in [1.165, 1.54) is 6.07 Å². The van der Waals surface area contributed by atoms with Gasteiger partial charge in [-0.3, -0.25) is 14.5 Å². The van der Waals surface area contributed by atoms with E-state index in [9.17, 15) is 14.0 Å². The number of hydrogen-bond donors (Lipinski definition) is 3. The van der Waals surface area contributed by atoms with Gasteiger partial charge in [0.15, 0.2) is 0 Å². The highest BCUT2D eigenvalue weighted by molar-refractivity contribution is 7.99. The smallest absolute Gasteiger partial charge is 0.261 e. The third kappa shape index (κ3) is 8.65. The molecule has 0 unspecified atom stereocenters. The summed E-state index contributed by atoms with van der Waals surface area (Å²) in [5.41, 5.74) is -0.149.